The van der Waals surface area contributed by atoms with Crippen molar-refractivity contribution in [2.45, 2.75) is 137 Å². The van der Waals surface area contributed by atoms with Gasteiger partial charge in [0.1, 0.15) is 0 Å². The Morgan fingerprint density at radius 3 is 1.36 bits per heavy atom. The second kappa shape index (κ2) is 24.5. The van der Waals surface area contributed by atoms with Gasteiger partial charge in [-0.25, -0.2) is 9.98 Å². The van der Waals surface area contributed by atoms with Gasteiger partial charge in [-0.3, -0.25) is 19.2 Å². The molecule has 0 aromatic rings. The highest BCUT2D eigenvalue weighted by molar-refractivity contribution is 8.00. The Kier molecular flexibility index (Phi) is 19.8. The first-order valence-electron chi connectivity index (χ1n) is 19.9. The zero-order valence-electron chi connectivity index (χ0n) is 31.3. The number of nitrogens with zero attached hydrogens (tertiary/aromatic N) is 2. The third-order valence-corrected chi connectivity index (χ3v) is 13.0. The molecule has 17 heteroatoms. The van der Waals surface area contributed by atoms with E-state index >= 15 is 0 Å². The van der Waals surface area contributed by atoms with Crippen LogP contribution in [0.2, 0.25) is 0 Å². The number of rotatable bonds is 28. The van der Waals surface area contributed by atoms with Crippen LogP contribution in [-0.4, -0.2) is 121 Å². The van der Waals surface area contributed by atoms with Gasteiger partial charge in [-0.2, -0.15) is 23.5 Å². The van der Waals surface area contributed by atoms with Gasteiger partial charge >= 0.3 is 0 Å². The standard InChI is InChI=1S/C36H64N10O5S2/c37-35-43-25-23-52-27(33(25)45-35)11-5-7-15-29(47)39-17-9-1-3-13-31(49)41-19-21-51-22-20-42-32(50)14-4-2-10-18-40-30(48)16-8-6-12-28-34-26(24-53-28)44-36(38)46-34/h25-28,33-34H,1-24H2,(H,39,47)(H,40,48)(H,41,49)(H,42,50)(H3,37,43,45)(H3,38,44,46)/t25?,26?,27-,28-,33-,34-/m0/s1. The summed E-state index contributed by atoms with van der Waals surface area (Å²) in [6.45, 7) is 2.93. The molecule has 4 heterocycles. The van der Waals surface area contributed by atoms with Crippen LogP contribution < -0.4 is 43.4 Å². The number of ether oxygens (including phenoxy) is 1. The molecule has 0 saturated carbocycles. The number of hydrogen-bond donors (Lipinski definition) is 8. The summed E-state index contributed by atoms with van der Waals surface area (Å²) >= 11 is 3.90. The molecule has 0 spiro atoms. The van der Waals surface area contributed by atoms with E-state index in [4.69, 9.17) is 16.2 Å². The molecule has 10 N–H and O–H groups in total. The highest BCUT2D eigenvalue weighted by Crippen LogP contribution is 2.36. The summed E-state index contributed by atoms with van der Waals surface area (Å²) < 4.78 is 5.52. The minimum absolute atomic E-state index is 0.00443. The maximum Gasteiger partial charge on any atom is 0.220 e. The Hall–Kier alpha value is -2.92. The molecule has 2 unspecified atom stereocenters. The number of carbonyl (C=O) groups is 4. The molecule has 0 aromatic carbocycles. The van der Waals surface area contributed by atoms with Crippen LogP contribution in [0, 0.1) is 0 Å². The molecule has 0 bridgehead atoms. The van der Waals surface area contributed by atoms with E-state index in [0.29, 0.717) is 99.6 Å². The van der Waals surface area contributed by atoms with E-state index in [2.05, 4.69) is 41.9 Å². The molecule has 300 valence electrons. The molecule has 4 aliphatic rings. The topological polar surface area (TPSA) is 226 Å². The van der Waals surface area contributed by atoms with Crippen molar-refractivity contribution in [2.75, 3.05) is 50.9 Å². The van der Waals surface area contributed by atoms with Crippen LogP contribution in [0.3, 0.4) is 0 Å². The number of amides is 4. The number of thioether (sulfide) groups is 2. The summed E-state index contributed by atoms with van der Waals surface area (Å²) in [7, 11) is 0. The number of nitrogens with two attached hydrogens (primary N) is 2. The monoisotopic (exact) mass is 780 g/mol. The number of unbranched alkanes of at least 4 members (excludes halogenated alkanes) is 6. The minimum Gasteiger partial charge on any atom is -0.378 e. The minimum atomic E-state index is -0.00443. The van der Waals surface area contributed by atoms with Crippen molar-refractivity contribution in [3.05, 3.63) is 0 Å². The van der Waals surface area contributed by atoms with Crippen LogP contribution in [0.1, 0.15) is 103 Å². The maximum absolute atomic E-state index is 12.1. The molecular weight excluding hydrogens is 717 g/mol. The fourth-order valence-corrected chi connectivity index (χ4v) is 10.2. The van der Waals surface area contributed by atoms with Gasteiger partial charge in [-0.05, 0) is 51.4 Å². The lowest BCUT2D eigenvalue weighted by Gasteiger charge is -2.14. The first-order chi connectivity index (χ1) is 25.8. The second-order valence-electron chi connectivity index (χ2n) is 14.4. The van der Waals surface area contributed by atoms with Crippen molar-refractivity contribution in [1.29, 1.82) is 0 Å². The van der Waals surface area contributed by atoms with Crippen LogP contribution >= 0.6 is 23.5 Å². The van der Waals surface area contributed by atoms with Gasteiger partial charge < -0.3 is 48.1 Å². The van der Waals surface area contributed by atoms with E-state index in [1.165, 1.54) is 0 Å². The summed E-state index contributed by atoms with van der Waals surface area (Å²) in [5.41, 5.74) is 11.6. The van der Waals surface area contributed by atoms with Crippen molar-refractivity contribution in [3.63, 3.8) is 0 Å². The fraction of sp³-hybridized carbons (Fsp3) is 0.833. The SMILES string of the molecule is NC1=N[C@H]2C(CS[C@H]2CCCCC(=O)NCCCCCC(=O)NCCOCCNC(=O)CCCCCNC(=O)CCCC[C@@H]2SCC3NC(N)=N[C@@H]32)N1. The molecule has 2 saturated heterocycles. The third-order valence-electron chi connectivity index (χ3n) is 10.0. The second-order valence-corrected chi connectivity index (χ2v) is 16.9. The van der Waals surface area contributed by atoms with Crippen molar-refractivity contribution in [1.82, 2.24) is 31.9 Å². The van der Waals surface area contributed by atoms with Gasteiger partial charge in [0.05, 0.1) is 37.4 Å². The fourth-order valence-electron chi connectivity index (χ4n) is 7.12. The van der Waals surface area contributed by atoms with Crippen LogP contribution in [0.25, 0.3) is 0 Å². The molecule has 15 nitrogen and oxygen atoms in total. The molecule has 6 atom stereocenters. The van der Waals surface area contributed by atoms with Gasteiger partial charge in [0.25, 0.3) is 0 Å². The van der Waals surface area contributed by atoms with E-state index in [0.717, 1.165) is 88.6 Å². The predicted molar refractivity (Wildman–Crippen MR) is 214 cm³/mol. The Morgan fingerprint density at radius 2 is 0.943 bits per heavy atom. The smallest absolute Gasteiger partial charge is 0.220 e. The van der Waals surface area contributed by atoms with Crippen molar-refractivity contribution in [3.8, 4) is 0 Å². The van der Waals surface area contributed by atoms with E-state index < -0.39 is 0 Å². The van der Waals surface area contributed by atoms with Crippen molar-refractivity contribution in [2.24, 2.45) is 21.5 Å². The Labute approximate surface area is 323 Å². The van der Waals surface area contributed by atoms with Crippen molar-refractivity contribution < 1.29 is 23.9 Å². The van der Waals surface area contributed by atoms with E-state index in [1.54, 1.807) is 0 Å². The summed E-state index contributed by atoms with van der Waals surface area (Å²) in [6.07, 6.45) is 12.9. The van der Waals surface area contributed by atoms with E-state index in [1.807, 2.05) is 23.5 Å². The van der Waals surface area contributed by atoms with Gasteiger partial charge in [0, 0.05) is 73.9 Å². The lowest BCUT2D eigenvalue weighted by molar-refractivity contribution is -0.122. The van der Waals surface area contributed by atoms with Crippen LogP contribution in [0.5, 0.6) is 0 Å². The zero-order valence-corrected chi connectivity index (χ0v) is 33.0. The Bertz CT molecular complexity index is 1140. The highest BCUT2D eigenvalue weighted by atomic mass is 32.2. The number of aliphatic imine (C=N–C) groups is 2. The maximum atomic E-state index is 12.1. The predicted octanol–water partition coefficient (Wildman–Crippen LogP) is 1.25. The summed E-state index contributed by atoms with van der Waals surface area (Å²) in [5.74, 6) is 3.39. The van der Waals surface area contributed by atoms with Gasteiger partial charge in [-0.15, -0.1) is 0 Å². The lowest BCUT2D eigenvalue weighted by atomic mass is 10.0. The summed E-state index contributed by atoms with van der Waals surface area (Å²) in [6, 6.07) is 1.30. The lowest BCUT2D eigenvalue weighted by Crippen LogP contribution is -2.38. The molecule has 4 rings (SSSR count). The summed E-state index contributed by atoms with van der Waals surface area (Å²) in [4.78, 5) is 57.5. The van der Waals surface area contributed by atoms with Gasteiger partial charge in [-0.1, -0.05) is 25.7 Å². The molecule has 0 radical (unpaired) electrons. The zero-order chi connectivity index (χ0) is 37.7. The highest BCUT2D eigenvalue weighted by Gasteiger charge is 2.41. The Morgan fingerprint density at radius 1 is 0.566 bits per heavy atom. The average Bonchev–Trinajstić information content (AvgIpc) is 3.89. The number of nitrogens with one attached hydrogen (secondary N) is 6. The molecule has 4 amide bonds. The normalized spacial score (nSPS) is 24.0. The number of fused-ring (bicyclic) bond motifs is 2. The Balaban J connectivity index is 0.827. The van der Waals surface area contributed by atoms with E-state index in [9.17, 15) is 19.2 Å². The number of guanidine groups is 2. The first-order valence-corrected chi connectivity index (χ1v) is 22.0. The number of hydrogen-bond acceptors (Lipinski definition) is 13. The molecule has 53 heavy (non-hydrogen) atoms. The molecule has 2 fully saturated rings. The van der Waals surface area contributed by atoms with Gasteiger partial charge in [0.15, 0.2) is 11.9 Å². The van der Waals surface area contributed by atoms with Crippen LogP contribution in [0.15, 0.2) is 9.98 Å². The van der Waals surface area contributed by atoms with Crippen molar-refractivity contribution >= 4 is 59.1 Å². The van der Waals surface area contributed by atoms with E-state index in [-0.39, 0.29) is 35.7 Å². The molecule has 4 aliphatic heterocycles. The quantitative estimate of drug-likeness (QED) is 0.0528. The molecule has 0 aliphatic carbocycles. The number of carbonyl (C=O) groups excluding carboxylic acids is 4. The largest absolute Gasteiger partial charge is 0.378 e. The molecule has 0 aromatic heterocycles. The first kappa shape index (κ1) is 42.8. The third kappa shape index (κ3) is 16.5. The molecular formula is C36H64N10O5S2. The van der Waals surface area contributed by atoms with Crippen LogP contribution in [-0.2, 0) is 23.9 Å². The average molecular weight is 781 g/mol. The summed E-state index contributed by atoms with van der Waals surface area (Å²) in [5, 5.41) is 19.2. The van der Waals surface area contributed by atoms with Gasteiger partial charge in [0.2, 0.25) is 23.6 Å². The van der Waals surface area contributed by atoms with Crippen LogP contribution in [0.4, 0.5) is 0 Å².